The summed E-state index contributed by atoms with van der Waals surface area (Å²) < 4.78 is 10.2. The summed E-state index contributed by atoms with van der Waals surface area (Å²) in [5.74, 6) is 0.305. The lowest BCUT2D eigenvalue weighted by Crippen LogP contribution is -2.37. The van der Waals surface area contributed by atoms with Gasteiger partial charge in [0.05, 0.1) is 13.0 Å². The lowest BCUT2D eigenvalue weighted by atomic mass is 10.0. The van der Waals surface area contributed by atoms with Crippen LogP contribution in [0.4, 0.5) is 0 Å². The first-order valence-electron chi connectivity index (χ1n) is 6.38. The van der Waals surface area contributed by atoms with Gasteiger partial charge in [-0.25, -0.2) is 0 Å². The fraction of sp³-hybridized carbons (Fsp3) is 0.923. The molecule has 0 saturated heterocycles. The van der Waals surface area contributed by atoms with Crippen molar-refractivity contribution in [3.63, 3.8) is 0 Å². The molecule has 0 aromatic carbocycles. The summed E-state index contributed by atoms with van der Waals surface area (Å²) in [6.07, 6.45) is 0.963. The quantitative estimate of drug-likeness (QED) is 0.497. The van der Waals surface area contributed by atoms with Crippen LogP contribution in [-0.2, 0) is 14.3 Å². The largest absolute Gasteiger partial charge is 0.469 e. The second-order valence-corrected chi connectivity index (χ2v) is 4.88. The Morgan fingerprint density at radius 3 is 2.41 bits per heavy atom. The molecular formula is C13H27NO3. The molecule has 17 heavy (non-hydrogen) atoms. The van der Waals surface area contributed by atoms with E-state index in [0.29, 0.717) is 5.92 Å². The number of esters is 1. The number of nitrogens with one attached hydrogen (secondary N) is 1. The molecule has 0 spiro atoms. The van der Waals surface area contributed by atoms with E-state index in [4.69, 9.17) is 9.47 Å². The summed E-state index contributed by atoms with van der Waals surface area (Å²) in [5, 5.41) is 3.30. The maximum Gasteiger partial charge on any atom is 0.309 e. The maximum atomic E-state index is 11.3. The first kappa shape index (κ1) is 16.4. The lowest BCUT2D eigenvalue weighted by Gasteiger charge is -2.19. The van der Waals surface area contributed by atoms with Gasteiger partial charge in [0.1, 0.15) is 0 Å². The van der Waals surface area contributed by atoms with Gasteiger partial charge in [0.25, 0.3) is 0 Å². The molecule has 0 saturated carbocycles. The van der Waals surface area contributed by atoms with E-state index in [1.165, 1.54) is 7.11 Å². The van der Waals surface area contributed by atoms with Gasteiger partial charge >= 0.3 is 5.97 Å². The molecule has 0 fully saturated rings. The van der Waals surface area contributed by atoms with E-state index >= 15 is 0 Å². The van der Waals surface area contributed by atoms with E-state index in [-0.39, 0.29) is 17.9 Å². The number of carbonyl (C=O) groups is 1. The van der Waals surface area contributed by atoms with Gasteiger partial charge in [0.15, 0.2) is 0 Å². The molecule has 0 heterocycles. The topological polar surface area (TPSA) is 47.6 Å². The van der Waals surface area contributed by atoms with E-state index in [0.717, 1.165) is 26.2 Å². The summed E-state index contributed by atoms with van der Waals surface area (Å²) in [5.41, 5.74) is 0. The zero-order chi connectivity index (χ0) is 13.3. The fourth-order valence-corrected chi connectivity index (χ4v) is 1.39. The highest BCUT2D eigenvalue weighted by Gasteiger charge is 2.19. The third kappa shape index (κ3) is 8.16. The van der Waals surface area contributed by atoms with Crippen LogP contribution in [0, 0.1) is 11.8 Å². The van der Waals surface area contributed by atoms with Gasteiger partial charge in [-0.2, -0.15) is 0 Å². The molecule has 4 nitrogen and oxygen atoms in total. The summed E-state index contributed by atoms with van der Waals surface area (Å²) in [6.45, 7) is 10.6. The standard InChI is InChI=1S/C13H27NO3/c1-10(2)9-17-8-6-7-14-12(4)11(3)13(15)16-5/h10-12,14H,6-9H2,1-5H3. The Morgan fingerprint density at radius 1 is 1.24 bits per heavy atom. The molecule has 2 unspecified atom stereocenters. The number of ether oxygens (including phenoxy) is 2. The molecule has 0 aliphatic carbocycles. The Hall–Kier alpha value is -0.610. The van der Waals surface area contributed by atoms with Crippen LogP contribution in [0.25, 0.3) is 0 Å². The summed E-state index contributed by atoms with van der Waals surface area (Å²) in [6, 6.07) is 0.132. The SMILES string of the molecule is COC(=O)C(C)C(C)NCCCOCC(C)C. The van der Waals surface area contributed by atoms with E-state index < -0.39 is 0 Å². The monoisotopic (exact) mass is 245 g/mol. The van der Waals surface area contributed by atoms with E-state index in [9.17, 15) is 4.79 Å². The van der Waals surface area contributed by atoms with Crippen LogP contribution in [0.3, 0.4) is 0 Å². The molecule has 0 aliphatic rings. The molecule has 0 radical (unpaired) electrons. The van der Waals surface area contributed by atoms with Gasteiger partial charge in [-0.15, -0.1) is 0 Å². The first-order chi connectivity index (χ1) is 7.99. The van der Waals surface area contributed by atoms with Crippen LogP contribution in [0.5, 0.6) is 0 Å². The second-order valence-electron chi connectivity index (χ2n) is 4.88. The summed E-state index contributed by atoms with van der Waals surface area (Å²) >= 11 is 0. The van der Waals surface area contributed by atoms with Gasteiger partial charge in [0, 0.05) is 19.3 Å². The Balaban J connectivity index is 3.51. The smallest absolute Gasteiger partial charge is 0.309 e. The van der Waals surface area contributed by atoms with E-state index in [1.807, 2.05) is 13.8 Å². The van der Waals surface area contributed by atoms with Gasteiger partial charge in [0.2, 0.25) is 0 Å². The van der Waals surface area contributed by atoms with Crippen molar-refractivity contribution in [2.75, 3.05) is 26.9 Å². The van der Waals surface area contributed by atoms with E-state index in [2.05, 4.69) is 19.2 Å². The highest BCUT2D eigenvalue weighted by Crippen LogP contribution is 2.04. The van der Waals surface area contributed by atoms with Crippen molar-refractivity contribution in [1.82, 2.24) is 5.32 Å². The zero-order valence-corrected chi connectivity index (χ0v) is 11.8. The van der Waals surface area contributed by atoms with Gasteiger partial charge in [-0.3, -0.25) is 4.79 Å². The van der Waals surface area contributed by atoms with Crippen molar-refractivity contribution < 1.29 is 14.3 Å². The molecule has 0 aromatic heterocycles. The van der Waals surface area contributed by atoms with Gasteiger partial charge < -0.3 is 14.8 Å². The minimum atomic E-state index is -0.166. The molecule has 0 aromatic rings. The van der Waals surface area contributed by atoms with E-state index in [1.54, 1.807) is 0 Å². The predicted molar refractivity (Wildman–Crippen MR) is 68.9 cm³/mol. The number of hydrogen-bond acceptors (Lipinski definition) is 4. The molecule has 102 valence electrons. The Labute approximate surface area is 105 Å². The maximum absolute atomic E-state index is 11.3. The fourth-order valence-electron chi connectivity index (χ4n) is 1.39. The van der Waals surface area contributed by atoms with Crippen LogP contribution in [0.2, 0.25) is 0 Å². The van der Waals surface area contributed by atoms with Crippen LogP contribution in [-0.4, -0.2) is 38.9 Å². The predicted octanol–water partition coefficient (Wildman–Crippen LogP) is 1.84. The highest BCUT2D eigenvalue weighted by molar-refractivity contribution is 5.72. The van der Waals surface area contributed by atoms with Gasteiger partial charge in [-0.05, 0) is 25.8 Å². The van der Waals surface area contributed by atoms with Crippen LogP contribution in [0.15, 0.2) is 0 Å². The van der Waals surface area contributed by atoms with Crippen molar-refractivity contribution >= 4 is 5.97 Å². The number of carbonyl (C=O) groups excluding carboxylic acids is 1. The molecular weight excluding hydrogens is 218 g/mol. The Morgan fingerprint density at radius 2 is 1.88 bits per heavy atom. The summed E-state index contributed by atoms with van der Waals surface area (Å²) in [7, 11) is 1.42. The number of methoxy groups -OCH3 is 1. The lowest BCUT2D eigenvalue weighted by molar-refractivity contribution is -0.145. The highest BCUT2D eigenvalue weighted by atomic mass is 16.5. The van der Waals surface area contributed by atoms with Crippen molar-refractivity contribution in [1.29, 1.82) is 0 Å². The minimum absolute atomic E-state index is 0.114. The van der Waals surface area contributed by atoms with Crippen molar-refractivity contribution in [2.45, 2.75) is 40.2 Å². The third-order valence-electron chi connectivity index (χ3n) is 2.71. The average molecular weight is 245 g/mol. The molecule has 2 atom stereocenters. The molecule has 0 amide bonds. The Kier molecular flexibility index (Phi) is 9.09. The van der Waals surface area contributed by atoms with Crippen molar-refractivity contribution in [3.8, 4) is 0 Å². The zero-order valence-electron chi connectivity index (χ0n) is 11.8. The minimum Gasteiger partial charge on any atom is -0.469 e. The Bertz CT molecular complexity index is 207. The number of rotatable bonds is 9. The first-order valence-corrected chi connectivity index (χ1v) is 6.38. The molecule has 0 bridgehead atoms. The second kappa shape index (κ2) is 9.42. The molecule has 0 rings (SSSR count). The van der Waals surface area contributed by atoms with Crippen LogP contribution < -0.4 is 5.32 Å². The van der Waals surface area contributed by atoms with Crippen molar-refractivity contribution in [3.05, 3.63) is 0 Å². The molecule has 4 heteroatoms. The summed E-state index contributed by atoms with van der Waals surface area (Å²) in [4.78, 5) is 11.3. The molecule has 1 N–H and O–H groups in total. The normalized spacial score (nSPS) is 14.7. The van der Waals surface area contributed by atoms with Gasteiger partial charge in [-0.1, -0.05) is 20.8 Å². The molecule has 0 aliphatic heterocycles. The number of hydrogen-bond donors (Lipinski definition) is 1. The average Bonchev–Trinajstić information content (AvgIpc) is 2.30. The van der Waals surface area contributed by atoms with Crippen molar-refractivity contribution in [2.24, 2.45) is 11.8 Å². The van der Waals surface area contributed by atoms with Crippen LogP contribution >= 0.6 is 0 Å². The van der Waals surface area contributed by atoms with Crippen LogP contribution in [0.1, 0.15) is 34.1 Å². The third-order valence-corrected chi connectivity index (χ3v) is 2.71.